The summed E-state index contributed by atoms with van der Waals surface area (Å²) in [5.41, 5.74) is -2.09. The van der Waals surface area contributed by atoms with E-state index in [0.717, 1.165) is 7.11 Å². The SMILES string of the molecule is [2H]C([2H])([2H])n1c(=O)n([C@H]2CC(NC(=O)OC)[C@H](F)C2)c2cc(Nc3ccc4cnn(C5(C(=O)O)CC(F)C5)c4n3)ncc21. The number of nitrogens with zero attached hydrogens (tertiary/aromatic N) is 6. The molecule has 210 valence electrons. The first kappa shape index (κ1) is 22.3. The first-order chi connectivity index (χ1) is 20.3. The number of imidazole rings is 1. The summed E-state index contributed by atoms with van der Waals surface area (Å²) in [5.74, 6) is -0.850. The predicted octanol–water partition coefficient (Wildman–Crippen LogP) is 2.53. The highest BCUT2D eigenvalue weighted by atomic mass is 19.1. The Balaban J connectivity index is 1.38. The number of hydrogen-bond acceptors (Lipinski definition) is 8. The predicted molar refractivity (Wildman–Crippen MR) is 138 cm³/mol. The lowest BCUT2D eigenvalue weighted by Crippen LogP contribution is -2.54. The highest BCUT2D eigenvalue weighted by molar-refractivity contribution is 5.84. The molecule has 6 rings (SSSR count). The van der Waals surface area contributed by atoms with Crippen LogP contribution in [0.1, 0.15) is 35.8 Å². The summed E-state index contributed by atoms with van der Waals surface area (Å²) in [7, 11) is 1.14. The molecule has 0 radical (unpaired) electrons. The van der Waals surface area contributed by atoms with Gasteiger partial charge in [-0.15, -0.1) is 0 Å². The first-order valence-electron chi connectivity index (χ1n) is 13.9. The standard InChI is InChI=1S/C25H26F2N8O5/c1-33-18-11-28-20(7-17(18)34(24(33)39)14-5-15(27)16(6-14)30-23(38)40-2)31-19-4-3-12-10-29-35(21(12)32-19)25(22(36)37)8-13(26)9-25/h3-4,7,10-11,13-16H,5-6,8-9H2,1-2H3,(H,30,38)(H,36,37)(H,28,31,32)/t13?,14-,15-,16?,25?/m1/s1/i1D3. The number of anilines is 2. The van der Waals surface area contributed by atoms with E-state index in [2.05, 4.69) is 30.4 Å². The minimum atomic E-state index is -2.86. The average Bonchev–Trinajstić information content (AvgIpc) is 3.58. The van der Waals surface area contributed by atoms with E-state index in [9.17, 15) is 28.3 Å². The number of methoxy groups -OCH3 is 1. The molecule has 0 saturated heterocycles. The lowest BCUT2D eigenvalue weighted by Gasteiger charge is -2.40. The fraction of sp³-hybridized carbons (Fsp3) is 0.440. The van der Waals surface area contributed by atoms with E-state index in [1.807, 2.05) is 0 Å². The van der Waals surface area contributed by atoms with Crippen LogP contribution >= 0.6 is 0 Å². The van der Waals surface area contributed by atoms with Crippen molar-refractivity contribution in [3.05, 3.63) is 41.1 Å². The number of carboxylic acids is 1. The number of nitrogens with one attached hydrogen (secondary N) is 2. The number of aliphatic carboxylic acids is 1. The maximum absolute atomic E-state index is 14.9. The van der Waals surface area contributed by atoms with Gasteiger partial charge >= 0.3 is 17.8 Å². The van der Waals surface area contributed by atoms with Crippen molar-refractivity contribution in [1.29, 1.82) is 0 Å². The number of fused-ring (bicyclic) bond motifs is 2. The molecule has 13 nitrogen and oxygen atoms in total. The molecule has 0 aliphatic heterocycles. The number of hydrogen-bond donors (Lipinski definition) is 3. The van der Waals surface area contributed by atoms with Gasteiger partial charge in [0.2, 0.25) is 0 Å². The molecule has 4 aromatic heterocycles. The van der Waals surface area contributed by atoms with E-state index >= 15 is 0 Å². The molecule has 1 amide bonds. The number of aromatic nitrogens is 6. The van der Waals surface area contributed by atoms with Gasteiger partial charge in [0.15, 0.2) is 11.2 Å². The topological polar surface area (TPSA) is 158 Å². The summed E-state index contributed by atoms with van der Waals surface area (Å²) in [6.45, 7) is -2.86. The molecule has 15 heteroatoms. The quantitative estimate of drug-likeness (QED) is 0.323. The van der Waals surface area contributed by atoms with Crippen LogP contribution in [0.15, 0.2) is 35.4 Å². The van der Waals surface area contributed by atoms with Crippen molar-refractivity contribution < 1.29 is 32.3 Å². The Morgan fingerprint density at radius 2 is 2.00 bits per heavy atom. The molecule has 2 fully saturated rings. The number of alkyl carbamates (subject to hydrolysis) is 1. The zero-order valence-electron chi connectivity index (χ0n) is 24.0. The molecule has 2 saturated carbocycles. The molecule has 3 N–H and O–H groups in total. The van der Waals surface area contributed by atoms with Crippen molar-refractivity contribution in [2.45, 2.75) is 55.6 Å². The van der Waals surface area contributed by atoms with Gasteiger partial charge in [-0.3, -0.25) is 9.13 Å². The van der Waals surface area contributed by atoms with Gasteiger partial charge < -0.3 is 20.5 Å². The van der Waals surface area contributed by atoms with Gasteiger partial charge in [-0.2, -0.15) is 5.10 Å². The first-order valence-corrected chi connectivity index (χ1v) is 12.4. The van der Waals surface area contributed by atoms with Crippen molar-refractivity contribution in [3.8, 4) is 0 Å². The van der Waals surface area contributed by atoms with Gasteiger partial charge in [-0.05, 0) is 18.6 Å². The molecule has 1 unspecified atom stereocenters. The maximum atomic E-state index is 14.9. The number of ether oxygens (including phenoxy) is 1. The van der Waals surface area contributed by atoms with Gasteiger partial charge in [-0.1, -0.05) is 0 Å². The summed E-state index contributed by atoms with van der Waals surface area (Å²) in [6, 6.07) is 2.91. The molecule has 40 heavy (non-hydrogen) atoms. The molecule has 0 spiro atoms. The monoisotopic (exact) mass is 559 g/mol. The Kier molecular flexibility index (Phi) is 5.16. The van der Waals surface area contributed by atoms with Crippen molar-refractivity contribution >= 4 is 45.8 Å². The Bertz CT molecular complexity index is 1820. The highest BCUT2D eigenvalue weighted by Gasteiger charge is 2.54. The molecule has 0 bridgehead atoms. The third kappa shape index (κ3) is 3.95. The van der Waals surface area contributed by atoms with Crippen molar-refractivity contribution in [2.75, 3.05) is 12.4 Å². The number of alkyl halides is 2. The lowest BCUT2D eigenvalue weighted by molar-refractivity contribution is -0.157. The number of carboxylic acid groups (broad SMARTS) is 1. The maximum Gasteiger partial charge on any atom is 0.407 e. The third-order valence-electron chi connectivity index (χ3n) is 7.67. The number of carbonyl (C=O) groups is 2. The summed E-state index contributed by atoms with van der Waals surface area (Å²) >= 11 is 0. The number of rotatable bonds is 6. The fourth-order valence-corrected chi connectivity index (χ4v) is 5.60. The number of amides is 1. The van der Waals surface area contributed by atoms with Gasteiger partial charge in [0, 0.05) is 47.8 Å². The molecule has 4 heterocycles. The van der Waals surface area contributed by atoms with Crippen LogP contribution in [0.4, 0.5) is 25.2 Å². The van der Waals surface area contributed by atoms with Crippen LogP contribution in [-0.4, -0.2) is 71.5 Å². The second-order valence-corrected chi connectivity index (χ2v) is 10.1. The van der Waals surface area contributed by atoms with Crippen LogP contribution < -0.4 is 16.3 Å². The van der Waals surface area contributed by atoms with E-state index in [1.54, 1.807) is 12.1 Å². The van der Waals surface area contributed by atoms with Gasteiger partial charge in [0.25, 0.3) is 0 Å². The molecule has 4 aromatic rings. The minimum Gasteiger partial charge on any atom is -0.479 e. The normalized spacial score (nSPS) is 27.5. The van der Waals surface area contributed by atoms with Crippen LogP contribution in [0.5, 0.6) is 0 Å². The zero-order chi connectivity index (χ0) is 30.8. The molecule has 2 aliphatic carbocycles. The number of carbonyl (C=O) groups excluding carboxylic acids is 1. The lowest BCUT2D eigenvalue weighted by atomic mass is 9.75. The number of pyridine rings is 2. The minimum absolute atomic E-state index is 0.00835. The Hall–Kier alpha value is -4.56. The zero-order valence-corrected chi connectivity index (χ0v) is 21.0. The summed E-state index contributed by atoms with van der Waals surface area (Å²) in [4.78, 5) is 45.9. The van der Waals surface area contributed by atoms with E-state index in [4.69, 9.17) is 4.11 Å². The smallest absolute Gasteiger partial charge is 0.407 e. The Morgan fingerprint density at radius 1 is 1.20 bits per heavy atom. The molecular weight excluding hydrogens is 530 g/mol. The van der Waals surface area contributed by atoms with Crippen molar-refractivity contribution in [2.24, 2.45) is 6.98 Å². The molecule has 2 aliphatic rings. The number of halogens is 2. The van der Waals surface area contributed by atoms with Crippen LogP contribution in [-0.2, 0) is 22.0 Å². The van der Waals surface area contributed by atoms with E-state index in [-0.39, 0.29) is 54.0 Å². The van der Waals surface area contributed by atoms with Crippen LogP contribution in [0.3, 0.4) is 0 Å². The van der Waals surface area contributed by atoms with Gasteiger partial charge in [-0.25, -0.2) is 37.8 Å². The van der Waals surface area contributed by atoms with Crippen LogP contribution in [0.25, 0.3) is 22.1 Å². The van der Waals surface area contributed by atoms with Gasteiger partial charge in [0.05, 0.1) is 36.6 Å². The summed E-state index contributed by atoms with van der Waals surface area (Å²) < 4.78 is 59.9. The van der Waals surface area contributed by atoms with E-state index in [1.165, 1.54) is 27.7 Å². The van der Waals surface area contributed by atoms with Crippen molar-refractivity contribution in [1.82, 2.24) is 34.2 Å². The van der Waals surface area contributed by atoms with Crippen LogP contribution in [0.2, 0.25) is 0 Å². The van der Waals surface area contributed by atoms with Crippen molar-refractivity contribution in [3.63, 3.8) is 0 Å². The highest BCUT2D eigenvalue weighted by Crippen LogP contribution is 2.43. The van der Waals surface area contributed by atoms with Crippen LogP contribution in [0, 0.1) is 0 Å². The Labute approximate surface area is 229 Å². The molecular formula is C25H26F2N8O5. The summed E-state index contributed by atoms with van der Waals surface area (Å²) in [5, 5.41) is 19.9. The summed E-state index contributed by atoms with van der Waals surface area (Å²) in [6.07, 6.45) is -1.62. The second kappa shape index (κ2) is 9.27. The average molecular weight is 560 g/mol. The second-order valence-electron chi connectivity index (χ2n) is 10.1. The Morgan fingerprint density at radius 3 is 2.70 bits per heavy atom. The third-order valence-corrected chi connectivity index (χ3v) is 7.67. The molecule has 0 aromatic carbocycles. The van der Waals surface area contributed by atoms with Gasteiger partial charge in [0.1, 0.15) is 24.0 Å². The number of aryl methyl sites for hydroxylation is 1. The largest absolute Gasteiger partial charge is 0.479 e. The van der Waals surface area contributed by atoms with E-state index in [0.29, 0.717) is 9.95 Å². The van der Waals surface area contributed by atoms with E-state index < -0.39 is 54.7 Å². The molecule has 3 atom stereocenters. The fourth-order valence-electron chi connectivity index (χ4n) is 5.60.